The van der Waals surface area contributed by atoms with Gasteiger partial charge in [-0.2, -0.15) is 13.2 Å². The minimum absolute atomic E-state index is 0.0815. The van der Waals surface area contributed by atoms with Crippen molar-refractivity contribution in [1.29, 1.82) is 0 Å². The van der Waals surface area contributed by atoms with E-state index in [0.717, 1.165) is 23.1 Å². The second-order valence-electron chi connectivity index (χ2n) is 4.93. The number of nitrogens with zero attached hydrogens (tertiary/aromatic N) is 2. The first-order valence-electron chi connectivity index (χ1n) is 6.07. The lowest BCUT2D eigenvalue weighted by Crippen LogP contribution is -2.48. The standard InChI is InChI=1S/C12H10ClF3N2O4/c13-8-5-7(1-2-9(8)18(21)22)10(19)17-4-3-11(20,6-17)12(14,15)16/h1-2,5,20H,3-4,6H2. The molecular weight excluding hydrogens is 329 g/mol. The average molecular weight is 339 g/mol. The highest BCUT2D eigenvalue weighted by Crippen LogP contribution is 2.38. The second-order valence-corrected chi connectivity index (χ2v) is 5.34. The van der Waals surface area contributed by atoms with E-state index in [1.807, 2.05) is 0 Å². The molecule has 0 aromatic heterocycles. The van der Waals surface area contributed by atoms with E-state index in [1.165, 1.54) is 0 Å². The van der Waals surface area contributed by atoms with Crippen molar-refractivity contribution in [3.8, 4) is 0 Å². The molecule has 2 rings (SSSR count). The normalized spacial score (nSPS) is 22.0. The molecule has 22 heavy (non-hydrogen) atoms. The summed E-state index contributed by atoms with van der Waals surface area (Å²) in [6.45, 7) is -1.16. The van der Waals surface area contributed by atoms with Crippen LogP contribution in [0.3, 0.4) is 0 Å². The van der Waals surface area contributed by atoms with Gasteiger partial charge in [0.1, 0.15) is 5.02 Å². The van der Waals surface area contributed by atoms with Crippen molar-refractivity contribution in [2.45, 2.75) is 18.2 Å². The number of carbonyl (C=O) groups is 1. The number of carbonyl (C=O) groups excluding carboxylic acids is 1. The molecule has 1 N–H and O–H groups in total. The molecule has 0 radical (unpaired) electrons. The van der Waals surface area contributed by atoms with Crippen LogP contribution in [0.5, 0.6) is 0 Å². The summed E-state index contributed by atoms with van der Waals surface area (Å²) in [6.07, 6.45) is -5.46. The van der Waals surface area contributed by atoms with Crippen molar-refractivity contribution in [2.24, 2.45) is 0 Å². The Morgan fingerprint density at radius 1 is 1.45 bits per heavy atom. The number of nitro benzene ring substituents is 1. The van der Waals surface area contributed by atoms with E-state index < -0.39 is 41.3 Å². The maximum atomic E-state index is 12.7. The number of alkyl halides is 3. The molecule has 1 aliphatic heterocycles. The van der Waals surface area contributed by atoms with Crippen molar-refractivity contribution in [3.63, 3.8) is 0 Å². The first-order valence-corrected chi connectivity index (χ1v) is 6.45. The largest absolute Gasteiger partial charge is 0.419 e. The Labute approximate surface area is 127 Å². The van der Waals surface area contributed by atoms with Gasteiger partial charge >= 0.3 is 6.18 Å². The van der Waals surface area contributed by atoms with E-state index in [1.54, 1.807) is 0 Å². The summed E-state index contributed by atoms with van der Waals surface area (Å²) in [6, 6.07) is 3.13. The predicted octanol–water partition coefficient (Wildman–Crippen LogP) is 2.39. The molecule has 1 atom stereocenters. The van der Waals surface area contributed by atoms with Gasteiger partial charge in [0.25, 0.3) is 11.6 Å². The van der Waals surface area contributed by atoms with Crippen molar-refractivity contribution in [3.05, 3.63) is 38.9 Å². The van der Waals surface area contributed by atoms with E-state index in [9.17, 15) is 33.2 Å². The Balaban J connectivity index is 2.20. The summed E-state index contributed by atoms with van der Waals surface area (Å²) >= 11 is 5.66. The molecule has 0 saturated carbocycles. The van der Waals surface area contributed by atoms with Crippen LogP contribution in [0, 0.1) is 10.1 Å². The zero-order chi connectivity index (χ0) is 16.7. The molecule has 10 heteroatoms. The van der Waals surface area contributed by atoms with Crippen LogP contribution in [0.15, 0.2) is 18.2 Å². The molecule has 0 bridgehead atoms. The second kappa shape index (κ2) is 5.40. The summed E-state index contributed by atoms with van der Waals surface area (Å²) in [5.74, 6) is -0.781. The highest BCUT2D eigenvalue weighted by atomic mass is 35.5. The summed E-state index contributed by atoms with van der Waals surface area (Å²) in [4.78, 5) is 22.8. The van der Waals surface area contributed by atoms with E-state index >= 15 is 0 Å². The van der Waals surface area contributed by atoms with Crippen molar-refractivity contribution >= 4 is 23.2 Å². The van der Waals surface area contributed by atoms with E-state index in [2.05, 4.69) is 0 Å². The van der Waals surface area contributed by atoms with Gasteiger partial charge in [-0.05, 0) is 12.1 Å². The van der Waals surface area contributed by atoms with Gasteiger partial charge in [-0.15, -0.1) is 0 Å². The molecular formula is C12H10ClF3N2O4. The Kier molecular flexibility index (Phi) is 4.05. The third-order valence-electron chi connectivity index (χ3n) is 3.45. The molecule has 0 aliphatic carbocycles. The van der Waals surface area contributed by atoms with Gasteiger partial charge in [-0.1, -0.05) is 11.6 Å². The Bertz CT molecular complexity index is 637. The van der Waals surface area contributed by atoms with Crippen LogP contribution >= 0.6 is 11.6 Å². The molecule has 1 amide bonds. The van der Waals surface area contributed by atoms with Crippen molar-refractivity contribution in [2.75, 3.05) is 13.1 Å². The molecule has 120 valence electrons. The Hall–Kier alpha value is -1.87. The zero-order valence-corrected chi connectivity index (χ0v) is 11.7. The highest BCUT2D eigenvalue weighted by molar-refractivity contribution is 6.33. The maximum absolute atomic E-state index is 12.7. The van der Waals surface area contributed by atoms with Crippen LogP contribution < -0.4 is 0 Å². The quantitative estimate of drug-likeness (QED) is 0.663. The number of halogens is 4. The summed E-state index contributed by atoms with van der Waals surface area (Å²) < 4.78 is 38.1. The fourth-order valence-corrected chi connectivity index (χ4v) is 2.42. The van der Waals surface area contributed by atoms with Gasteiger partial charge in [-0.3, -0.25) is 14.9 Å². The molecule has 1 aromatic rings. The number of aliphatic hydroxyl groups is 1. The molecule has 1 aliphatic rings. The van der Waals surface area contributed by atoms with Crippen LogP contribution in [-0.4, -0.2) is 45.7 Å². The highest BCUT2D eigenvalue weighted by Gasteiger charge is 2.57. The fraction of sp³-hybridized carbons (Fsp3) is 0.417. The molecule has 1 aromatic carbocycles. The van der Waals surface area contributed by atoms with Crippen LogP contribution in [0.1, 0.15) is 16.8 Å². The van der Waals surface area contributed by atoms with E-state index in [0.29, 0.717) is 0 Å². The Morgan fingerprint density at radius 3 is 2.55 bits per heavy atom. The first kappa shape index (κ1) is 16.5. The van der Waals surface area contributed by atoms with Crippen LogP contribution in [-0.2, 0) is 0 Å². The molecule has 0 spiro atoms. The molecule has 1 unspecified atom stereocenters. The summed E-state index contributed by atoms with van der Waals surface area (Å²) in [5.41, 5.74) is -3.43. The van der Waals surface area contributed by atoms with E-state index in [4.69, 9.17) is 11.6 Å². The molecule has 1 fully saturated rings. The molecule has 1 heterocycles. The van der Waals surface area contributed by atoms with Gasteiger partial charge in [0.2, 0.25) is 0 Å². The predicted molar refractivity (Wildman–Crippen MR) is 69.6 cm³/mol. The number of likely N-dealkylation sites (tertiary alicyclic amines) is 1. The summed E-state index contributed by atoms with van der Waals surface area (Å²) in [5, 5.41) is 19.9. The third kappa shape index (κ3) is 2.86. The average Bonchev–Trinajstić information content (AvgIpc) is 2.81. The number of β-amino-alcohol motifs (C(OH)–C–C–N with tert-alkyl or cyclic N) is 1. The smallest absolute Gasteiger partial charge is 0.379 e. The molecule has 1 saturated heterocycles. The number of nitro groups is 1. The number of amides is 1. The monoisotopic (exact) mass is 338 g/mol. The minimum atomic E-state index is -4.84. The number of benzene rings is 1. The third-order valence-corrected chi connectivity index (χ3v) is 3.76. The van der Waals surface area contributed by atoms with Gasteiger partial charge in [0.15, 0.2) is 5.60 Å². The topological polar surface area (TPSA) is 83.7 Å². The first-order chi connectivity index (χ1) is 10.0. The maximum Gasteiger partial charge on any atom is 0.419 e. The number of hydrogen-bond acceptors (Lipinski definition) is 4. The number of hydrogen-bond donors (Lipinski definition) is 1. The van der Waals surface area contributed by atoms with Gasteiger partial charge in [-0.25, -0.2) is 0 Å². The lowest BCUT2D eigenvalue weighted by atomic mass is 10.0. The van der Waals surface area contributed by atoms with Crippen molar-refractivity contribution < 1.29 is 28.0 Å². The van der Waals surface area contributed by atoms with Crippen LogP contribution in [0.4, 0.5) is 18.9 Å². The molecule has 6 nitrogen and oxygen atoms in total. The lowest BCUT2D eigenvalue weighted by Gasteiger charge is -2.25. The van der Waals surface area contributed by atoms with Gasteiger partial charge in [0, 0.05) is 24.6 Å². The van der Waals surface area contributed by atoms with Gasteiger partial charge in [0.05, 0.1) is 11.5 Å². The Morgan fingerprint density at radius 2 is 2.09 bits per heavy atom. The minimum Gasteiger partial charge on any atom is -0.379 e. The van der Waals surface area contributed by atoms with Crippen molar-refractivity contribution in [1.82, 2.24) is 4.90 Å². The number of rotatable bonds is 2. The fourth-order valence-electron chi connectivity index (χ4n) is 2.17. The van der Waals surface area contributed by atoms with Crippen LogP contribution in [0.2, 0.25) is 5.02 Å². The van der Waals surface area contributed by atoms with Gasteiger partial charge < -0.3 is 10.0 Å². The summed E-state index contributed by atoms with van der Waals surface area (Å²) in [7, 11) is 0. The van der Waals surface area contributed by atoms with E-state index in [-0.39, 0.29) is 17.1 Å². The zero-order valence-electron chi connectivity index (χ0n) is 10.9. The van der Waals surface area contributed by atoms with Crippen LogP contribution in [0.25, 0.3) is 0 Å². The SMILES string of the molecule is O=C(c1ccc([N+](=O)[O-])c(Cl)c1)N1CCC(O)(C(F)(F)F)C1. The lowest BCUT2D eigenvalue weighted by molar-refractivity contribution is -0.384.